The summed E-state index contributed by atoms with van der Waals surface area (Å²) in [7, 11) is 0. The molecule has 4 nitrogen and oxygen atoms in total. The summed E-state index contributed by atoms with van der Waals surface area (Å²) in [6.07, 6.45) is 5.72. The first-order valence-electron chi connectivity index (χ1n) is 6.33. The van der Waals surface area contributed by atoms with Crippen LogP contribution in [0.5, 0.6) is 0 Å². The molecule has 0 aromatic carbocycles. The van der Waals surface area contributed by atoms with Crippen LogP contribution in [-0.2, 0) is 4.79 Å². The first-order chi connectivity index (χ1) is 7.72. The molecule has 0 spiro atoms. The van der Waals surface area contributed by atoms with E-state index in [1.165, 1.54) is 25.7 Å². The highest BCUT2D eigenvalue weighted by molar-refractivity contribution is 5.77. The molecule has 0 aliphatic heterocycles. The second kappa shape index (κ2) is 7.63. The second-order valence-electron chi connectivity index (χ2n) is 4.78. The largest absolute Gasteiger partial charge is 0.396 e. The zero-order valence-corrected chi connectivity index (χ0v) is 10.2. The average Bonchev–Trinajstić information content (AvgIpc) is 2.77. The topological polar surface area (TPSA) is 61.4 Å². The first-order valence-corrected chi connectivity index (χ1v) is 6.33. The molecule has 4 heteroatoms. The number of rotatable bonds is 7. The molecule has 1 atom stereocenters. The van der Waals surface area contributed by atoms with E-state index in [2.05, 4.69) is 10.6 Å². The number of carbonyl (C=O) groups excluding carboxylic acids is 1. The fraction of sp³-hybridized carbons (Fsp3) is 0.917. The molecule has 1 aliphatic rings. The van der Waals surface area contributed by atoms with E-state index in [0.717, 1.165) is 6.42 Å². The Kier molecular flexibility index (Phi) is 6.42. The van der Waals surface area contributed by atoms with Crippen molar-refractivity contribution in [3.05, 3.63) is 0 Å². The van der Waals surface area contributed by atoms with Gasteiger partial charge in [0, 0.05) is 19.2 Å². The van der Waals surface area contributed by atoms with Crippen molar-refractivity contribution < 1.29 is 9.90 Å². The number of carbonyl (C=O) groups is 1. The van der Waals surface area contributed by atoms with Crippen LogP contribution in [0.2, 0.25) is 0 Å². The minimum absolute atomic E-state index is 0.0664. The molecule has 0 radical (unpaired) electrons. The fourth-order valence-electron chi connectivity index (χ4n) is 2.04. The highest BCUT2D eigenvalue weighted by atomic mass is 16.3. The zero-order chi connectivity index (χ0) is 11.8. The van der Waals surface area contributed by atoms with Gasteiger partial charge in [0.25, 0.3) is 0 Å². The van der Waals surface area contributed by atoms with Gasteiger partial charge < -0.3 is 15.7 Å². The quantitative estimate of drug-likeness (QED) is 0.599. The van der Waals surface area contributed by atoms with Gasteiger partial charge in [-0.25, -0.2) is 0 Å². The van der Waals surface area contributed by atoms with E-state index in [9.17, 15) is 4.79 Å². The Morgan fingerprint density at radius 2 is 2.12 bits per heavy atom. The summed E-state index contributed by atoms with van der Waals surface area (Å²) in [5.74, 6) is 0.414. The summed E-state index contributed by atoms with van der Waals surface area (Å²) in [6.45, 7) is 3.31. The monoisotopic (exact) mass is 228 g/mol. The van der Waals surface area contributed by atoms with Crippen molar-refractivity contribution in [3.63, 3.8) is 0 Å². The molecule has 1 aliphatic carbocycles. The van der Waals surface area contributed by atoms with Crippen molar-refractivity contribution in [3.8, 4) is 0 Å². The molecule has 0 aromatic heterocycles. The van der Waals surface area contributed by atoms with Gasteiger partial charge in [-0.1, -0.05) is 19.8 Å². The highest BCUT2D eigenvalue weighted by Crippen LogP contribution is 2.17. The van der Waals surface area contributed by atoms with E-state index >= 15 is 0 Å². The van der Waals surface area contributed by atoms with Crippen LogP contribution in [0.25, 0.3) is 0 Å². The molecule has 0 aromatic rings. The van der Waals surface area contributed by atoms with Crippen molar-refractivity contribution in [2.75, 3.05) is 19.7 Å². The van der Waals surface area contributed by atoms with Crippen molar-refractivity contribution in [2.24, 2.45) is 5.92 Å². The third-order valence-corrected chi connectivity index (χ3v) is 3.18. The van der Waals surface area contributed by atoms with E-state index in [4.69, 9.17) is 5.11 Å². The molecule has 0 bridgehead atoms. The van der Waals surface area contributed by atoms with Gasteiger partial charge in [0.1, 0.15) is 0 Å². The molecule has 1 amide bonds. The maximum Gasteiger partial charge on any atom is 0.233 e. The lowest BCUT2D eigenvalue weighted by molar-refractivity contribution is -0.120. The molecule has 1 unspecified atom stereocenters. The predicted octanol–water partition coefficient (Wildman–Crippen LogP) is 0.653. The van der Waals surface area contributed by atoms with Gasteiger partial charge in [-0.3, -0.25) is 4.79 Å². The van der Waals surface area contributed by atoms with E-state index < -0.39 is 0 Å². The Bertz CT molecular complexity index is 203. The lowest BCUT2D eigenvalue weighted by Gasteiger charge is -2.14. The van der Waals surface area contributed by atoms with Crippen molar-refractivity contribution in [1.82, 2.24) is 10.6 Å². The summed E-state index contributed by atoms with van der Waals surface area (Å²) in [5, 5.41) is 14.9. The van der Waals surface area contributed by atoms with E-state index in [1.807, 2.05) is 6.92 Å². The summed E-state index contributed by atoms with van der Waals surface area (Å²) in [5.41, 5.74) is 0. The first kappa shape index (κ1) is 13.5. The number of nitrogens with one attached hydrogen (secondary N) is 2. The van der Waals surface area contributed by atoms with E-state index in [1.54, 1.807) is 0 Å². The Morgan fingerprint density at radius 3 is 2.75 bits per heavy atom. The van der Waals surface area contributed by atoms with Gasteiger partial charge in [0.05, 0.1) is 6.54 Å². The number of hydrogen-bond acceptors (Lipinski definition) is 3. The molecular weight excluding hydrogens is 204 g/mol. The van der Waals surface area contributed by atoms with Crippen molar-refractivity contribution >= 4 is 5.91 Å². The number of aliphatic hydroxyl groups excluding tert-OH is 1. The van der Waals surface area contributed by atoms with Gasteiger partial charge in [-0.2, -0.15) is 0 Å². The normalized spacial score (nSPS) is 18.6. The van der Waals surface area contributed by atoms with Crippen LogP contribution in [-0.4, -0.2) is 36.8 Å². The summed E-state index contributed by atoms with van der Waals surface area (Å²) in [6, 6.07) is 0.542. The van der Waals surface area contributed by atoms with Gasteiger partial charge in [-0.05, 0) is 25.2 Å². The fourth-order valence-corrected chi connectivity index (χ4v) is 2.04. The summed E-state index contributed by atoms with van der Waals surface area (Å²) in [4.78, 5) is 11.5. The van der Waals surface area contributed by atoms with Gasteiger partial charge >= 0.3 is 0 Å². The lowest BCUT2D eigenvalue weighted by Crippen LogP contribution is -2.39. The van der Waals surface area contributed by atoms with E-state index in [0.29, 0.717) is 25.0 Å². The standard InChI is InChI=1S/C12H24N2O2/c1-10(6-7-15)8-14-12(16)9-13-11-4-2-3-5-11/h10-11,13,15H,2-9H2,1H3,(H,14,16). The van der Waals surface area contributed by atoms with Gasteiger partial charge in [-0.15, -0.1) is 0 Å². The van der Waals surface area contributed by atoms with Crippen LogP contribution < -0.4 is 10.6 Å². The molecule has 0 saturated heterocycles. The molecule has 1 rings (SSSR count). The molecule has 1 saturated carbocycles. The third-order valence-electron chi connectivity index (χ3n) is 3.18. The van der Waals surface area contributed by atoms with Gasteiger partial charge in [0.2, 0.25) is 5.91 Å². The maximum atomic E-state index is 11.5. The molecule has 1 fully saturated rings. The van der Waals surface area contributed by atoms with E-state index in [-0.39, 0.29) is 12.5 Å². The summed E-state index contributed by atoms with van der Waals surface area (Å²) < 4.78 is 0. The molecule has 0 heterocycles. The number of hydrogen-bond donors (Lipinski definition) is 3. The summed E-state index contributed by atoms with van der Waals surface area (Å²) >= 11 is 0. The molecule has 16 heavy (non-hydrogen) atoms. The number of aliphatic hydroxyl groups is 1. The minimum atomic E-state index is 0.0664. The molecule has 3 N–H and O–H groups in total. The van der Waals surface area contributed by atoms with Crippen LogP contribution in [0.1, 0.15) is 39.0 Å². The smallest absolute Gasteiger partial charge is 0.233 e. The van der Waals surface area contributed by atoms with Gasteiger partial charge in [0.15, 0.2) is 0 Å². The molecular formula is C12H24N2O2. The molecule has 94 valence electrons. The lowest BCUT2D eigenvalue weighted by atomic mass is 10.1. The second-order valence-corrected chi connectivity index (χ2v) is 4.78. The van der Waals surface area contributed by atoms with Crippen LogP contribution >= 0.6 is 0 Å². The predicted molar refractivity (Wildman–Crippen MR) is 64.1 cm³/mol. The minimum Gasteiger partial charge on any atom is -0.396 e. The van der Waals surface area contributed by atoms with Crippen LogP contribution in [0.3, 0.4) is 0 Å². The SMILES string of the molecule is CC(CCO)CNC(=O)CNC1CCCC1. The maximum absolute atomic E-state index is 11.5. The average molecular weight is 228 g/mol. The zero-order valence-electron chi connectivity index (χ0n) is 10.2. The Labute approximate surface area is 97.8 Å². The number of amides is 1. The Hall–Kier alpha value is -0.610. The van der Waals surface area contributed by atoms with Crippen molar-refractivity contribution in [1.29, 1.82) is 0 Å². The Morgan fingerprint density at radius 1 is 1.44 bits per heavy atom. The van der Waals surface area contributed by atoms with Crippen LogP contribution in [0.15, 0.2) is 0 Å². The van der Waals surface area contributed by atoms with Crippen LogP contribution in [0.4, 0.5) is 0 Å². The third kappa shape index (κ3) is 5.47. The highest BCUT2D eigenvalue weighted by Gasteiger charge is 2.15. The Balaban J connectivity index is 2.01. The van der Waals surface area contributed by atoms with Crippen LogP contribution in [0, 0.1) is 5.92 Å². The van der Waals surface area contributed by atoms with Crippen molar-refractivity contribution in [2.45, 2.75) is 45.1 Å².